The second-order valence-corrected chi connectivity index (χ2v) is 5.36. The highest BCUT2D eigenvalue weighted by molar-refractivity contribution is 9.10. The third-order valence-electron chi connectivity index (χ3n) is 2.86. The number of carbonyl (C=O) groups is 1. The monoisotopic (exact) mass is 367 g/mol. The fourth-order valence-corrected chi connectivity index (χ4v) is 2.25. The molecule has 1 heterocycles. The molecule has 1 aliphatic heterocycles. The number of ether oxygens (including phenoxy) is 2. The van der Waals surface area contributed by atoms with Crippen LogP contribution in [0.15, 0.2) is 22.7 Å². The molecule has 4 nitrogen and oxygen atoms in total. The number of hydrogen-bond acceptors (Lipinski definition) is 3. The van der Waals surface area contributed by atoms with Crippen molar-refractivity contribution in [3.8, 4) is 5.75 Å². The Morgan fingerprint density at radius 3 is 2.62 bits per heavy atom. The van der Waals surface area contributed by atoms with Gasteiger partial charge in [-0.25, -0.2) is 0 Å². The fraction of sp³-hybridized carbons (Fsp3) is 0.462. The molecule has 1 amide bonds. The number of rotatable bonds is 3. The van der Waals surface area contributed by atoms with E-state index in [4.69, 9.17) is 9.47 Å². The van der Waals surface area contributed by atoms with Crippen LogP contribution in [0.4, 0.5) is 13.2 Å². The van der Waals surface area contributed by atoms with Crippen molar-refractivity contribution in [1.29, 1.82) is 0 Å². The molecule has 116 valence electrons. The van der Waals surface area contributed by atoms with E-state index in [1.54, 1.807) is 0 Å². The second-order valence-electron chi connectivity index (χ2n) is 4.45. The van der Waals surface area contributed by atoms with Crippen molar-refractivity contribution in [2.24, 2.45) is 0 Å². The molecule has 1 aliphatic rings. The largest absolute Gasteiger partial charge is 0.483 e. The first-order valence-corrected chi connectivity index (χ1v) is 7.02. The molecule has 0 saturated carbocycles. The van der Waals surface area contributed by atoms with Gasteiger partial charge in [-0.1, -0.05) is 15.9 Å². The van der Waals surface area contributed by atoms with Crippen LogP contribution in [-0.4, -0.2) is 49.9 Å². The van der Waals surface area contributed by atoms with Gasteiger partial charge in [0.2, 0.25) is 0 Å². The average molecular weight is 368 g/mol. The van der Waals surface area contributed by atoms with Gasteiger partial charge in [-0.3, -0.25) is 4.79 Å². The Hall–Kier alpha value is -1.28. The summed E-state index contributed by atoms with van der Waals surface area (Å²) in [6.07, 6.45) is -4.45. The van der Waals surface area contributed by atoms with Crippen molar-refractivity contribution in [2.45, 2.75) is 6.18 Å². The number of alkyl halides is 3. The zero-order valence-corrected chi connectivity index (χ0v) is 12.5. The number of hydrogen-bond donors (Lipinski definition) is 0. The molecule has 0 aromatic heterocycles. The molecule has 0 N–H and O–H groups in total. The lowest BCUT2D eigenvalue weighted by molar-refractivity contribution is -0.153. The van der Waals surface area contributed by atoms with Gasteiger partial charge in [0.15, 0.2) is 6.61 Å². The maximum absolute atomic E-state index is 12.4. The molecule has 0 spiro atoms. The summed E-state index contributed by atoms with van der Waals surface area (Å²) in [6.45, 7) is 0.211. The summed E-state index contributed by atoms with van der Waals surface area (Å²) < 4.78 is 47.3. The minimum Gasteiger partial charge on any atom is -0.483 e. The van der Waals surface area contributed by atoms with Crippen LogP contribution in [0, 0.1) is 0 Å². The van der Waals surface area contributed by atoms with Crippen molar-refractivity contribution in [3.63, 3.8) is 0 Å². The van der Waals surface area contributed by atoms with Gasteiger partial charge in [0, 0.05) is 17.6 Å². The van der Waals surface area contributed by atoms with Gasteiger partial charge >= 0.3 is 6.18 Å². The van der Waals surface area contributed by atoms with E-state index in [9.17, 15) is 18.0 Å². The summed E-state index contributed by atoms with van der Waals surface area (Å²) in [5.41, 5.74) is 0.107. The van der Waals surface area contributed by atoms with E-state index < -0.39 is 12.8 Å². The fourth-order valence-electron chi connectivity index (χ4n) is 1.89. The number of nitrogens with zero attached hydrogens (tertiary/aromatic N) is 1. The quantitative estimate of drug-likeness (QED) is 0.824. The SMILES string of the molecule is O=C(c1cc(Br)ccc1OCC(F)(F)F)N1CCOCC1. The predicted octanol–water partition coefficient (Wildman–Crippen LogP) is 2.86. The van der Waals surface area contributed by atoms with Crippen LogP contribution >= 0.6 is 15.9 Å². The molecule has 21 heavy (non-hydrogen) atoms. The van der Waals surface area contributed by atoms with E-state index in [-0.39, 0.29) is 17.2 Å². The zero-order valence-electron chi connectivity index (χ0n) is 11.0. The summed E-state index contributed by atoms with van der Waals surface area (Å²) in [7, 11) is 0. The molecule has 8 heteroatoms. The third-order valence-corrected chi connectivity index (χ3v) is 3.35. The summed E-state index contributed by atoms with van der Waals surface area (Å²) in [6, 6.07) is 4.34. The van der Waals surface area contributed by atoms with Crippen molar-refractivity contribution >= 4 is 21.8 Å². The van der Waals surface area contributed by atoms with Gasteiger partial charge in [-0.2, -0.15) is 13.2 Å². The maximum Gasteiger partial charge on any atom is 0.422 e. The Morgan fingerprint density at radius 2 is 2.00 bits per heavy atom. The first kappa shape index (κ1) is 16.1. The van der Waals surface area contributed by atoms with Crippen LogP contribution in [0.3, 0.4) is 0 Å². The van der Waals surface area contributed by atoms with Crippen LogP contribution in [0.1, 0.15) is 10.4 Å². The smallest absolute Gasteiger partial charge is 0.422 e. The first-order valence-electron chi connectivity index (χ1n) is 6.23. The standard InChI is InChI=1S/C13H13BrF3NO3/c14-9-1-2-11(21-8-13(15,16)17)10(7-9)12(19)18-3-5-20-6-4-18/h1-2,7H,3-6,8H2. The molecule has 0 aliphatic carbocycles. The Bertz CT molecular complexity index is 516. The highest BCUT2D eigenvalue weighted by Crippen LogP contribution is 2.27. The molecule has 2 rings (SSSR count). The second kappa shape index (κ2) is 6.65. The molecule has 0 radical (unpaired) electrons. The summed E-state index contributed by atoms with van der Waals surface area (Å²) in [5.74, 6) is -0.441. The minimum atomic E-state index is -4.45. The van der Waals surface area contributed by atoms with Crippen molar-refractivity contribution < 1.29 is 27.4 Å². The minimum absolute atomic E-state index is 0.0768. The van der Waals surface area contributed by atoms with Crippen molar-refractivity contribution in [2.75, 3.05) is 32.9 Å². The molecule has 0 bridgehead atoms. The molecule has 1 fully saturated rings. The molecule has 1 saturated heterocycles. The highest BCUT2D eigenvalue weighted by atomic mass is 79.9. The van der Waals surface area contributed by atoms with E-state index in [1.165, 1.54) is 23.1 Å². The van der Waals surface area contributed by atoms with Gasteiger partial charge in [0.25, 0.3) is 5.91 Å². The lowest BCUT2D eigenvalue weighted by atomic mass is 10.1. The number of halogens is 4. The summed E-state index contributed by atoms with van der Waals surface area (Å²) in [5, 5.41) is 0. The number of carbonyl (C=O) groups excluding carboxylic acids is 1. The van der Waals surface area contributed by atoms with Crippen LogP contribution < -0.4 is 4.74 Å². The molecule has 1 aromatic rings. The number of benzene rings is 1. The van der Waals surface area contributed by atoms with Gasteiger partial charge in [0.05, 0.1) is 18.8 Å². The lowest BCUT2D eigenvalue weighted by Gasteiger charge is -2.27. The lowest BCUT2D eigenvalue weighted by Crippen LogP contribution is -2.40. The Morgan fingerprint density at radius 1 is 1.33 bits per heavy atom. The van der Waals surface area contributed by atoms with Crippen LogP contribution in [0.5, 0.6) is 5.75 Å². The van der Waals surface area contributed by atoms with E-state index in [2.05, 4.69) is 15.9 Å². The Kier molecular flexibility index (Phi) is 5.10. The van der Waals surface area contributed by atoms with Crippen molar-refractivity contribution in [3.05, 3.63) is 28.2 Å². The van der Waals surface area contributed by atoms with Gasteiger partial charge < -0.3 is 14.4 Å². The van der Waals surface area contributed by atoms with E-state index in [1.807, 2.05) is 0 Å². The van der Waals surface area contributed by atoms with E-state index >= 15 is 0 Å². The normalized spacial score (nSPS) is 15.9. The van der Waals surface area contributed by atoms with Crippen LogP contribution in [0.25, 0.3) is 0 Å². The predicted molar refractivity (Wildman–Crippen MR) is 72.4 cm³/mol. The molecule has 0 unspecified atom stereocenters. The zero-order chi connectivity index (χ0) is 15.5. The molecule has 0 atom stereocenters. The maximum atomic E-state index is 12.4. The molecule has 1 aromatic carbocycles. The topological polar surface area (TPSA) is 38.8 Å². The summed E-state index contributed by atoms with van der Waals surface area (Å²) >= 11 is 3.21. The Balaban J connectivity index is 2.19. The first-order chi connectivity index (χ1) is 9.87. The van der Waals surface area contributed by atoms with E-state index in [0.717, 1.165) is 0 Å². The number of morpholine rings is 1. The Labute approximate surface area is 127 Å². The van der Waals surface area contributed by atoms with E-state index in [0.29, 0.717) is 30.8 Å². The molecular formula is C13H13BrF3NO3. The van der Waals surface area contributed by atoms with Crippen LogP contribution in [0.2, 0.25) is 0 Å². The molecular weight excluding hydrogens is 355 g/mol. The number of amides is 1. The average Bonchev–Trinajstić information content (AvgIpc) is 2.45. The highest BCUT2D eigenvalue weighted by Gasteiger charge is 2.30. The van der Waals surface area contributed by atoms with Gasteiger partial charge in [-0.05, 0) is 18.2 Å². The van der Waals surface area contributed by atoms with Crippen LogP contribution in [-0.2, 0) is 4.74 Å². The van der Waals surface area contributed by atoms with Gasteiger partial charge in [0.1, 0.15) is 5.75 Å². The third kappa shape index (κ3) is 4.60. The van der Waals surface area contributed by atoms with Gasteiger partial charge in [-0.15, -0.1) is 0 Å². The summed E-state index contributed by atoms with van der Waals surface area (Å²) in [4.78, 5) is 13.9. The van der Waals surface area contributed by atoms with Crippen molar-refractivity contribution in [1.82, 2.24) is 4.90 Å².